The molecule has 2 rings (SSSR count). The molecule has 0 bridgehead atoms. The van der Waals surface area contributed by atoms with Gasteiger partial charge in [0.05, 0.1) is 19.4 Å². The van der Waals surface area contributed by atoms with Crippen molar-refractivity contribution in [2.45, 2.75) is 0 Å². The molecule has 0 aliphatic rings. The van der Waals surface area contributed by atoms with E-state index < -0.39 is 5.91 Å². The van der Waals surface area contributed by atoms with Gasteiger partial charge in [-0.2, -0.15) is 0 Å². The number of hydrogen-bond donors (Lipinski definition) is 2. The minimum Gasteiger partial charge on any atom is -0.366 e. The lowest BCUT2D eigenvalue weighted by Crippen LogP contribution is -2.14. The Hall–Kier alpha value is -0.890. The van der Waals surface area contributed by atoms with E-state index >= 15 is 0 Å². The minimum absolute atomic E-state index is 0.276. The molecule has 0 saturated heterocycles. The van der Waals surface area contributed by atoms with Crippen LogP contribution in [0.25, 0.3) is 0 Å². The molecule has 0 unspecified atom stereocenters. The first-order chi connectivity index (χ1) is 9.38. The highest BCUT2D eigenvalue weighted by molar-refractivity contribution is 9.13. The summed E-state index contributed by atoms with van der Waals surface area (Å²) in [4.78, 5) is 23.7. The fraction of sp³-hybridized carbons (Fsp3) is 0. The third-order valence-electron chi connectivity index (χ3n) is 2.37. The van der Waals surface area contributed by atoms with Gasteiger partial charge in [0.15, 0.2) is 0 Å². The molecule has 2 aromatic rings. The number of rotatable bonds is 3. The molecule has 0 saturated carbocycles. The maximum absolute atomic E-state index is 12.1. The van der Waals surface area contributed by atoms with Crippen LogP contribution in [0, 0.1) is 0 Å². The maximum atomic E-state index is 12.1. The van der Waals surface area contributed by atoms with Gasteiger partial charge in [-0.3, -0.25) is 9.59 Å². The van der Waals surface area contributed by atoms with Gasteiger partial charge >= 0.3 is 0 Å². The summed E-state index contributed by atoms with van der Waals surface area (Å²) in [5.41, 5.74) is 5.81. The number of carbonyl (C=O) groups is 2. The van der Waals surface area contributed by atoms with Crippen LogP contribution < -0.4 is 11.1 Å². The summed E-state index contributed by atoms with van der Waals surface area (Å²) in [6.45, 7) is 0. The Morgan fingerprint density at radius 2 is 1.95 bits per heavy atom. The highest BCUT2D eigenvalue weighted by atomic mass is 79.9. The van der Waals surface area contributed by atoms with Gasteiger partial charge in [-0.25, -0.2) is 0 Å². The van der Waals surface area contributed by atoms with E-state index in [2.05, 4.69) is 37.2 Å². The van der Waals surface area contributed by atoms with Gasteiger partial charge < -0.3 is 11.1 Å². The van der Waals surface area contributed by atoms with Crippen LogP contribution in [-0.4, -0.2) is 11.8 Å². The summed E-state index contributed by atoms with van der Waals surface area (Å²) in [6, 6.07) is 6.15. The van der Waals surface area contributed by atoms with Gasteiger partial charge in [-0.15, -0.1) is 11.3 Å². The predicted octanol–water partition coefficient (Wildman–Crippen LogP) is 4.28. The average molecular weight is 439 g/mol. The zero-order valence-electron chi connectivity index (χ0n) is 9.75. The van der Waals surface area contributed by atoms with Gasteiger partial charge in [0.2, 0.25) is 5.91 Å². The van der Waals surface area contributed by atoms with Crippen molar-refractivity contribution < 1.29 is 9.59 Å². The number of halogens is 3. The Balaban J connectivity index is 2.27. The molecule has 0 radical (unpaired) electrons. The lowest BCUT2D eigenvalue weighted by atomic mass is 10.2. The third kappa shape index (κ3) is 3.41. The molecule has 0 aliphatic carbocycles. The van der Waals surface area contributed by atoms with Gasteiger partial charge in [0.25, 0.3) is 5.91 Å². The predicted molar refractivity (Wildman–Crippen MR) is 87.6 cm³/mol. The zero-order chi connectivity index (χ0) is 14.9. The number of benzene rings is 1. The van der Waals surface area contributed by atoms with E-state index in [9.17, 15) is 9.59 Å². The van der Waals surface area contributed by atoms with Crippen molar-refractivity contribution >= 4 is 72.3 Å². The molecule has 2 amide bonds. The van der Waals surface area contributed by atoms with Crippen LogP contribution in [-0.2, 0) is 0 Å². The monoisotopic (exact) mass is 436 g/mol. The molecule has 20 heavy (non-hydrogen) atoms. The Labute approximate surface area is 140 Å². The van der Waals surface area contributed by atoms with Crippen LogP contribution >= 0.6 is 54.8 Å². The second-order valence-corrected chi connectivity index (χ2v) is 7.38. The summed E-state index contributed by atoms with van der Waals surface area (Å²) in [5, 5.41) is 2.98. The Morgan fingerprint density at radius 1 is 1.25 bits per heavy atom. The molecule has 8 heteroatoms. The van der Waals surface area contributed by atoms with Crippen molar-refractivity contribution in [3.05, 3.63) is 48.0 Å². The second-order valence-electron chi connectivity index (χ2n) is 3.75. The van der Waals surface area contributed by atoms with Crippen molar-refractivity contribution in [1.29, 1.82) is 0 Å². The first-order valence-corrected chi connectivity index (χ1v) is 8.02. The normalized spacial score (nSPS) is 10.3. The number of primary amides is 1. The Bertz CT molecular complexity index is 683. The first kappa shape index (κ1) is 15.5. The summed E-state index contributed by atoms with van der Waals surface area (Å²) >= 11 is 13.9. The lowest BCUT2D eigenvalue weighted by molar-refractivity contribution is 0.0996. The summed E-state index contributed by atoms with van der Waals surface area (Å²) in [5.74, 6) is -0.899. The van der Waals surface area contributed by atoms with Crippen LogP contribution in [0.1, 0.15) is 20.0 Å². The van der Waals surface area contributed by atoms with Crippen LogP contribution in [0.3, 0.4) is 0 Å². The molecule has 0 aliphatic heterocycles. The van der Waals surface area contributed by atoms with E-state index in [4.69, 9.17) is 17.3 Å². The number of carbonyl (C=O) groups excluding carboxylic acids is 2. The number of nitrogens with two attached hydrogens (primary N) is 1. The molecule has 0 spiro atoms. The highest BCUT2D eigenvalue weighted by Crippen LogP contribution is 2.33. The van der Waals surface area contributed by atoms with Crippen molar-refractivity contribution in [3.8, 4) is 0 Å². The summed E-state index contributed by atoms with van der Waals surface area (Å²) in [6.07, 6.45) is 0. The van der Waals surface area contributed by atoms with Gasteiger partial charge in [-0.1, -0.05) is 11.6 Å². The third-order valence-corrected chi connectivity index (χ3v) is 5.95. The minimum atomic E-state index is -0.584. The topological polar surface area (TPSA) is 72.2 Å². The molecule has 1 heterocycles. The molecule has 3 N–H and O–H groups in total. The smallest absolute Gasteiger partial charge is 0.265 e. The van der Waals surface area contributed by atoms with Crippen molar-refractivity contribution in [2.24, 2.45) is 5.73 Å². The number of nitrogens with one attached hydrogen (secondary N) is 1. The van der Waals surface area contributed by atoms with Gasteiger partial charge in [0, 0.05) is 10.0 Å². The Morgan fingerprint density at radius 3 is 2.50 bits per heavy atom. The number of thiophene rings is 1. The van der Waals surface area contributed by atoms with E-state index in [-0.39, 0.29) is 11.5 Å². The van der Waals surface area contributed by atoms with Crippen molar-refractivity contribution in [2.75, 3.05) is 5.32 Å². The standard InChI is InChI=1S/C12H7Br2ClN2O2S/c13-6-4-9(20-10(6)14)12(19)17-8-3-5(11(16)18)1-2-7(8)15/h1-4H,(H2,16,18)(H,17,19). The van der Waals surface area contributed by atoms with E-state index in [1.165, 1.54) is 29.5 Å². The lowest BCUT2D eigenvalue weighted by Gasteiger charge is -2.07. The van der Waals surface area contributed by atoms with Crippen LogP contribution in [0.4, 0.5) is 5.69 Å². The van der Waals surface area contributed by atoms with Crippen molar-refractivity contribution in [3.63, 3.8) is 0 Å². The average Bonchev–Trinajstić information content (AvgIpc) is 2.72. The largest absolute Gasteiger partial charge is 0.366 e. The Kier molecular flexibility index (Phi) is 4.85. The maximum Gasteiger partial charge on any atom is 0.265 e. The number of anilines is 1. The van der Waals surface area contributed by atoms with Crippen LogP contribution in [0.2, 0.25) is 5.02 Å². The molecular formula is C12H7Br2ClN2O2S. The van der Waals surface area contributed by atoms with E-state index in [1.54, 1.807) is 6.07 Å². The van der Waals surface area contributed by atoms with E-state index in [0.29, 0.717) is 15.6 Å². The number of hydrogen-bond acceptors (Lipinski definition) is 3. The summed E-state index contributed by atoms with van der Waals surface area (Å²) in [7, 11) is 0. The quantitative estimate of drug-likeness (QED) is 0.751. The van der Waals surface area contributed by atoms with E-state index in [1.807, 2.05) is 0 Å². The molecular weight excluding hydrogens is 431 g/mol. The molecule has 1 aromatic carbocycles. The van der Waals surface area contributed by atoms with Gasteiger partial charge in [0.1, 0.15) is 0 Å². The molecule has 4 nitrogen and oxygen atoms in total. The molecule has 104 valence electrons. The molecule has 0 fully saturated rings. The van der Waals surface area contributed by atoms with Crippen LogP contribution in [0.15, 0.2) is 32.5 Å². The SMILES string of the molecule is NC(=O)c1ccc(Cl)c(NC(=O)c2cc(Br)c(Br)s2)c1. The second kappa shape index (κ2) is 6.26. The fourth-order valence-corrected chi connectivity index (χ4v) is 3.51. The number of amides is 2. The first-order valence-electron chi connectivity index (χ1n) is 5.24. The molecule has 0 atom stereocenters. The zero-order valence-corrected chi connectivity index (χ0v) is 14.5. The van der Waals surface area contributed by atoms with Crippen LogP contribution in [0.5, 0.6) is 0 Å². The van der Waals surface area contributed by atoms with Crippen molar-refractivity contribution in [1.82, 2.24) is 0 Å². The highest BCUT2D eigenvalue weighted by Gasteiger charge is 2.14. The fourth-order valence-electron chi connectivity index (χ4n) is 1.42. The molecule has 1 aromatic heterocycles. The van der Waals surface area contributed by atoms with E-state index in [0.717, 1.165) is 8.26 Å². The summed E-state index contributed by atoms with van der Waals surface area (Å²) < 4.78 is 1.62. The van der Waals surface area contributed by atoms with Gasteiger partial charge in [-0.05, 0) is 56.1 Å².